The summed E-state index contributed by atoms with van der Waals surface area (Å²) in [5.74, 6) is -1.72. The molecule has 1 aromatic carbocycles. The molecule has 1 aromatic rings. The number of nitrogens with two attached hydrogens (primary N) is 1. The Kier molecular flexibility index (Phi) is 4.87. The average Bonchev–Trinajstić information content (AvgIpc) is 2.94. The minimum atomic E-state index is -4.15. The third kappa shape index (κ3) is 3.43. The standard InChI is InChI=1S/C13H18FN3O5S/c1-22-12-10(14)6-9(7-11(12)17(18)19)23(20,21)16-13(8-15)4-2-3-5-13/h6-7,16H,2-5,8,15H2,1H3. The fourth-order valence-electron chi connectivity index (χ4n) is 2.79. The van der Waals surface area contributed by atoms with Crippen LogP contribution in [0.25, 0.3) is 0 Å². The average molecular weight is 347 g/mol. The van der Waals surface area contributed by atoms with Crippen LogP contribution >= 0.6 is 0 Å². The van der Waals surface area contributed by atoms with Crippen molar-refractivity contribution in [2.75, 3.05) is 13.7 Å². The number of rotatable bonds is 6. The van der Waals surface area contributed by atoms with E-state index in [2.05, 4.69) is 9.46 Å². The highest BCUT2D eigenvalue weighted by Gasteiger charge is 2.37. The minimum absolute atomic E-state index is 0.104. The second-order valence-corrected chi connectivity index (χ2v) is 7.19. The zero-order chi connectivity index (χ0) is 17.3. The number of hydrogen-bond acceptors (Lipinski definition) is 6. The number of nitro benzene ring substituents is 1. The summed E-state index contributed by atoms with van der Waals surface area (Å²) in [6.45, 7) is 0.104. The lowest BCUT2D eigenvalue weighted by Crippen LogP contribution is -2.51. The first-order valence-electron chi connectivity index (χ1n) is 7.01. The molecule has 0 bridgehead atoms. The van der Waals surface area contributed by atoms with Gasteiger partial charge in [-0.05, 0) is 18.9 Å². The maximum Gasteiger partial charge on any atom is 0.315 e. The Balaban J connectivity index is 2.46. The van der Waals surface area contributed by atoms with Crippen LogP contribution in [0.5, 0.6) is 5.75 Å². The molecule has 2 rings (SSSR count). The number of nitrogens with one attached hydrogen (secondary N) is 1. The molecular weight excluding hydrogens is 329 g/mol. The van der Waals surface area contributed by atoms with Gasteiger partial charge in [0, 0.05) is 18.2 Å². The molecule has 1 aliphatic rings. The molecule has 0 aliphatic heterocycles. The number of hydrogen-bond donors (Lipinski definition) is 2. The predicted molar refractivity (Wildman–Crippen MR) is 80.2 cm³/mol. The number of ether oxygens (including phenoxy) is 1. The number of nitro groups is 1. The van der Waals surface area contributed by atoms with E-state index in [0.717, 1.165) is 26.0 Å². The first-order valence-corrected chi connectivity index (χ1v) is 8.49. The molecule has 0 radical (unpaired) electrons. The normalized spacial score (nSPS) is 17.2. The summed E-state index contributed by atoms with van der Waals surface area (Å²) in [7, 11) is -3.08. The van der Waals surface area contributed by atoms with E-state index in [9.17, 15) is 22.9 Å². The van der Waals surface area contributed by atoms with Gasteiger partial charge in [0.25, 0.3) is 0 Å². The van der Waals surface area contributed by atoms with Crippen LogP contribution in [0, 0.1) is 15.9 Å². The van der Waals surface area contributed by atoms with Crippen LogP contribution in [0.1, 0.15) is 25.7 Å². The lowest BCUT2D eigenvalue weighted by molar-refractivity contribution is -0.386. The van der Waals surface area contributed by atoms with Crippen LogP contribution in [0.3, 0.4) is 0 Å². The molecule has 0 saturated heterocycles. The molecule has 10 heteroatoms. The van der Waals surface area contributed by atoms with E-state index in [1.54, 1.807) is 0 Å². The Labute approximate surface area is 133 Å². The molecular formula is C13H18FN3O5S. The monoisotopic (exact) mass is 347 g/mol. The van der Waals surface area contributed by atoms with Crippen molar-refractivity contribution in [1.82, 2.24) is 4.72 Å². The molecule has 0 spiro atoms. The summed E-state index contributed by atoms with van der Waals surface area (Å²) < 4.78 is 46.0. The van der Waals surface area contributed by atoms with Gasteiger partial charge >= 0.3 is 5.69 Å². The number of methoxy groups -OCH3 is 1. The highest BCUT2D eigenvalue weighted by Crippen LogP contribution is 2.34. The Hall–Kier alpha value is -1.78. The SMILES string of the molecule is COc1c(F)cc(S(=O)(=O)NC2(CN)CCCC2)cc1[N+](=O)[O-]. The van der Waals surface area contributed by atoms with Crippen LogP contribution in [0.4, 0.5) is 10.1 Å². The molecule has 0 unspecified atom stereocenters. The number of benzene rings is 1. The topological polar surface area (TPSA) is 125 Å². The van der Waals surface area contributed by atoms with Crippen molar-refractivity contribution in [2.24, 2.45) is 5.73 Å². The Bertz CT molecular complexity index is 717. The first-order chi connectivity index (χ1) is 10.7. The summed E-state index contributed by atoms with van der Waals surface area (Å²) in [5, 5.41) is 11.0. The largest absolute Gasteiger partial charge is 0.488 e. The lowest BCUT2D eigenvalue weighted by Gasteiger charge is -2.28. The van der Waals surface area contributed by atoms with Gasteiger partial charge in [0.1, 0.15) is 0 Å². The highest BCUT2D eigenvalue weighted by atomic mass is 32.2. The van der Waals surface area contributed by atoms with Gasteiger partial charge in [0.2, 0.25) is 15.8 Å². The summed E-state index contributed by atoms with van der Waals surface area (Å²) in [6.07, 6.45) is 2.81. The molecule has 1 fully saturated rings. The van der Waals surface area contributed by atoms with Gasteiger partial charge in [0.15, 0.2) is 5.82 Å². The van der Waals surface area contributed by atoms with Crippen LogP contribution in [-0.4, -0.2) is 32.5 Å². The van der Waals surface area contributed by atoms with E-state index >= 15 is 0 Å². The predicted octanol–water partition coefficient (Wildman–Crippen LogP) is 1.29. The second-order valence-electron chi connectivity index (χ2n) is 5.51. The van der Waals surface area contributed by atoms with Crippen molar-refractivity contribution < 1.29 is 22.5 Å². The molecule has 0 heterocycles. The van der Waals surface area contributed by atoms with Gasteiger partial charge in [-0.15, -0.1) is 0 Å². The van der Waals surface area contributed by atoms with Crippen molar-refractivity contribution in [2.45, 2.75) is 36.1 Å². The first kappa shape index (κ1) is 17.6. The molecule has 1 saturated carbocycles. The van der Waals surface area contributed by atoms with E-state index in [1.165, 1.54) is 0 Å². The van der Waals surface area contributed by atoms with Gasteiger partial charge in [-0.25, -0.2) is 17.5 Å². The quantitative estimate of drug-likeness (QED) is 0.590. The van der Waals surface area contributed by atoms with Gasteiger partial charge in [-0.3, -0.25) is 10.1 Å². The van der Waals surface area contributed by atoms with E-state index in [4.69, 9.17) is 5.73 Å². The van der Waals surface area contributed by atoms with Crippen LogP contribution in [0.15, 0.2) is 17.0 Å². The lowest BCUT2D eigenvalue weighted by atomic mass is 10.0. The second kappa shape index (κ2) is 6.38. The molecule has 0 amide bonds. The smallest absolute Gasteiger partial charge is 0.315 e. The molecule has 128 valence electrons. The summed E-state index contributed by atoms with van der Waals surface area (Å²) in [5.41, 5.74) is 4.14. The third-order valence-electron chi connectivity index (χ3n) is 4.01. The van der Waals surface area contributed by atoms with Crippen molar-refractivity contribution in [3.05, 3.63) is 28.1 Å². The van der Waals surface area contributed by atoms with E-state index < -0.39 is 42.6 Å². The summed E-state index contributed by atoms with van der Waals surface area (Å²) >= 11 is 0. The number of nitrogens with zero attached hydrogens (tertiary/aromatic N) is 1. The molecule has 0 atom stereocenters. The van der Waals surface area contributed by atoms with Crippen LogP contribution < -0.4 is 15.2 Å². The molecule has 1 aliphatic carbocycles. The number of sulfonamides is 1. The zero-order valence-electron chi connectivity index (χ0n) is 12.5. The summed E-state index contributed by atoms with van der Waals surface area (Å²) in [4.78, 5) is 9.58. The minimum Gasteiger partial charge on any atom is -0.488 e. The zero-order valence-corrected chi connectivity index (χ0v) is 13.4. The molecule has 8 nitrogen and oxygen atoms in total. The van der Waals surface area contributed by atoms with Crippen LogP contribution in [0.2, 0.25) is 0 Å². The van der Waals surface area contributed by atoms with Crippen molar-refractivity contribution >= 4 is 15.7 Å². The molecule has 23 heavy (non-hydrogen) atoms. The van der Waals surface area contributed by atoms with E-state index in [0.29, 0.717) is 18.9 Å². The van der Waals surface area contributed by atoms with Gasteiger partial charge in [0.05, 0.1) is 16.9 Å². The maximum absolute atomic E-state index is 13.9. The Morgan fingerprint density at radius 2 is 2.04 bits per heavy atom. The van der Waals surface area contributed by atoms with E-state index in [1.807, 2.05) is 0 Å². The van der Waals surface area contributed by atoms with Gasteiger partial charge in [-0.1, -0.05) is 12.8 Å². The van der Waals surface area contributed by atoms with Crippen molar-refractivity contribution in [1.29, 1.82) is 0 Å². The molecule has 0 aromatic heterocycles. The van der Waals surface area contributed by atoms with Crippen molar-refractivity contribution in [3.63, 3.8) is 0 Å². The van der Waals surface area contributed by atoms with Crippen molar-refractivity contribution in [3.8, 4) is 5.75 Å². The fourth-order valence-corrected chi connectivity index (χ4v) is 4.29. The van der Waals surface area contributed by atoms with E-state index in [-0.39, 0.29) is 6.54 Å². The fraction of sp³-hybridized carbons (Fsp3) is 0.538. The highest BCUT2D eigenvalue weighted by molar-refractivity contribution is 7.89. The van der Waals surface area contributed by atoms with Gasteiger partial charge in [-0.2, -0.15) is 0 Å². The maximum atomic E-state index is 13.9. The van der Waals surface area contributed by atoms with Gasteiger partial charge < -0.3 is 10.5 Å². The summed E-state index contributed by atoms with van der Waals surface area (Å²) in [6, 6.07) is 1.48. The molecule has 3 N–H and O–H groups in total. The third-order valence-corrected chi connectivity index (χ3v) is 5.57. The Morgan fingerprint density at radius 1 is 1.43 bits per heavy atom. The van der Waals surface area contributed by atoms with Crippen LogP contribution in [-0.2, 0) is 10.0 Å². The number of halogens is 1. The Morgan fingerprint density at radius 3 is 2.52 bits per heavy atom.